The summed E-state index contributed by atoms with van der Waals surface area (Å²) in [6, 6.07) is 16.9. The highest BCUT2D eigenvalue weighted by Gasteiger charge is 2.17. The van der Waals surface area contributed by atoms with Crippen molar-refractivity contribution < 1.29 is 19.4 Å². The summed E-state index contributed by atoms with van der Waals surface area (Å²) in [5.41, 5.74) is 1.80. The molecule has 0 aliphatic heterocycles. The van der Waals surface area contributed by atoms with Gasteiger partial charge in [0.15, 0.2) is 0 Å². The number of hydrogen-bond donors (Lipinski definition) is 1. The van der Waals surface area contributed by atoms with Crippen molar-refractivity contribution in [1.29, 1.82) is 0 Å². The Morgan fingerprint density at radius 1 is 1.11 bits per heavy atom. The third-order valence-corrected chi connectivity index (χ3v) is 4.20. The molecule has 0 bridgehead atoms. The Kier molecular flexibility index (Phi) is 8.24. The average molecular weight is 382 g/mol. The fraction of sp³-hybridized carbons (Fsp3) is 0.273. The van der Waals surface area contributed by atoms with Gasteiger partial charge in [0, 0.05) is 26.2 Å². The number of benzene rings is 2. The molecule has 0 fully saturated rings. The van der Waals surface area contributed by atoms with Gasteiger partial charge in [-0.1, -0.05) is 42.5 Å². The van der Waals surface area contributed by atoms with Crippen molar-refractivity contribution >= 4 is 17.9 Å². The Morgan fingerprint density at radius 2 is 1.86 bits per heavy atom. The summed E-state index contributed by atoms with van der Waals surface area (Å²) in [5.74, 6) is 0.210. The Labute approximate surface area is 165 Å². The summed E-state index contributed by atoms with van der Waals surface area (Å²) >= 11 is 0. The van der Waals surface area contributed by atoms with Crippen LogP contribution in [0.25, 0.3) is 6.08 Å². The normalized spacial score (nSPS) is 10.7. The molecule has 6 heteroatoms. The average Bonchev–Trinajstić information content (AvgIpc) is 2.72. The van der Waals surface area contributed by atoms with Crippen LogP contribution >= 0.6 is 0 Å². The van der Waals surface area contributed by atoms with E-state index in [9.17, 15) is 14.7 Å². The van der Waals surface area contributed by atoms with Gasteiger partial charge in [-0.05, 0) is 29.3 Å². The summed E-state index contributed by atoms with van der Waals surface area (Å²) in [5, 5.41) is 9.26. The zero-order chi connectivity index (χ0) is 20.4. The van der Waals surface area contributed by atoms with E-state index in [-0.39, 0.29) is 31.5 Å². The minimum Gasteiger partial charge on any atom is -0.497 e. The predicted octanol–water partition coefficient (Wildman–Crippen LogP) is 2.19. The second kappa shape index (κ2) is 10.9. The summed E-state index contributed by atoms with van der Waals surface area (Å²) in [6.45, 7) is 0.414. The molecule has 0 aliphatic rings. The molecule has 28 heavy (non-hydrogen) atoms. The van der Waals surface area contributed by atoms with E-state index in [1.54, 1.807) is 25.1 Å². The molecular weight excluding hydrogens is 356 g/mol. The molecule has 0 atom stereocenters. The van der Waals surface area contributed by atoms with Crippen LogP contribution in [0.5, 0.6) is 5.75 Å². The fourth-order valence-electron chi connectivity index (χ4n) is 2.64. The lowest BCUT2D eigenvalue weighted by molar-refractivity contribution is -0.138. The van der Waals surface area contributed by atoms with Gasteiger partial charge in [0.25, 0.3) is 0 Å². The summed E-state index contributed by atoms with van der Waals surface area (Å²) in [6.07, 6.45) is 3.11. The molecular formula is C22H26N2O4. The maximum atomic E-state index is 12.6. The first-order chi connectivity index (χ1) is 13.5. The van der Waals surface area contributed by atoms with Crippen LogP contribution in [0.4, 0.5) is 0 Å². The van der Waals surface area contributed by atoms with Crippen molar-refractivity contribution in [2.75, 3.05) is 33.9 Å². The van der Waals surface area contributed by atoms with Gasteiger partial charge in [-0.3, -0.25) is 9.59 Å². The minimum absolute atomic E-state index is 0.0614. The molecule has 2 aromatic carbocycles. The number of methoxy groups -OCH3 is 1. The van der Waals surface area contributed by atoms with Crippen LogP contribution in [0.3, 0.4) is 0 Å². The molecule has 1 N–H and O–H groups in total. The number of ether oxygens (including phenoxy) is 1. The first-order valence-electron chi connectivity index (χ1n) is 9.03. The number of hydrogen-bond acceptors (Lipinski definition) is 4. The molecule has 148 valence electrons. The summed E-state index contributed by atoms with van der Waals surface area (Å²) < 4.78 is 5.16. The zero-order valence-corrected chi connectivity index (χ0v) is 16.2. The van der Waals surface area contributed by atoms with Gasteiger partial charge < -0.3 is 19.6 Å². The van der Waals surface area contributed by atoms with Gasteiger partial charge in [0.2, 0.25) is 11.8 Å². The number of aliphatic hydroxyl groups is 1. The maximum Gasteiger partial charge on any atom is 0.246 e. The molecule has 0 unspecified atom stereocenters. The number of aliphatic hydroxyl groups excluding tert-OH is 1. The van der Waals surface area contributed by atoms with E-state index in [1.165, 1.54) is 11.0 Å². The van der Waals surface area contributed by atoms with Crippen molar-refractivity contribution in [1.82, 2.24) is 9.80 Å². The molecule has 0 saturated heterocycles. The van der Waals surface area contributed by atoms with Gasteiger partial charge in [-0.15, -0.1) is 0 Å². The molecule has 2 amide bonds. The third kappa shape index (κ3) is 6.55. The highest BCUT2D eigenvalue weighted by atomic mass is 16.5. The summed E-state index contributed by atoms with van der Waals surface area (Å²) in [7, 11) is 3.16. The third-order valence-electron chi connectivity index (χ3n) is 4.20. The Morgan fingerprint density at radius 3 is 2.54 bits per heavy atom. The topological polar surface area (TPSA) is 70.1 Å². The fourth-order valence-corrected chi connectivity index (χ4v) is 2.64. The number of rotatable bonds is 9. The lowest BCUT2D eigenvalue weighted by atomic mass is 10.2. The number of nitrogens with zero attached hydrogens (tertiary/aromatic N) is 2. The number of amides is 2. The minimum atomic E-state index is -0.278. The number of carbonyl (C=O) groups excluding carboxylic acids is 2. The van der Waals surface area contributed by atoms with Gasteiger partial charge in [0.1, 0.15) is 5.75 Å². The van der Waals surface area contributed by atoms with Crippen LogP contribution in [0.15, 0.2) is 60.7 Å². The van der Waals surface area contributed by atoms with Gasteiger partial charge in [-0.25, -0.2) is 0 Å². The molecule has 6 nitrogen and oxygen atoms in total. The Bertz CT molecular complexity index is 805. The lowest BCUT2D eigenvalue weighted by Crippen LogP contribution is -2.41. The van der Waals surface area contributed by atoms with Gasteiger partial charge in [0.05, 0.1) is 20.3 Å². The van der Waals surface area contributed by atoms with E-state index < -0.39 is 0 Å². The van der Waals surface area contributed by atoms with E-state index in [0.717, 1.165) is 11.1 Å². The number of carbonyl (C=O) groups is 2. The van der Waals surface area contributed by atoms with Gasteiger partial charge >= 0.3 is 0 Å². The quantitative estimate of drug-likeness (QED) is 0.675. The monoisotopic (exact) mass is 382 g/mol. The van der Waals surface area contributed by atoms with E-state index in [4.69, 9.17) is 4.74 Å². The first kappa shape index (κ1) is 21.2. The van der Waals surface area contributed by atoms with E-state index in [2.05, 4.69) is 0 Å². The van der Waals surface area contributed by atoms with Crippen LogP contribution < -0.4 is 4.74 Å². The molecule has 2 rings (SSSR count). The molecule has 0 heterocycles. The zero-order valence-electron chi connectivity index (χ0n) is 16.2. The Balaban J connectivity index is 1.96. The lowest BCUT2D eigenvalue weighted by Gasteiger charge is -2.24. The smallest absolute Gasteiger partial charge is 0.246 e. The van der Waals surface area contributed by atoms with Crippen LogP contribution in [0.1, 0.15) is 11.1 Å². The molecule has 0 radical (unpaired) electrons. The van der Waals surface area contributed by atoms with E-state index in [1.807, 2.05) is 54.6 Å². The summed E-state index contributed by atoms with van der Waals surface area (Å²) in [4.78, 5) is 27.8. The molecule has 2 aromatic rings. The van der Waals surface area contributed by atoms with E-state index in [0.29, 0.717) is 12.3 Å². The SMILES string of the molecule is COc1cccc(/C=C/C(=O)N(C)CC(=O)N(CCO)Cc2ccccc2)c1. The molecule has 0 spiro atoms. The van der Waals surface area contributed by atoms with Crippen molar-refractivity contribution in [3.05, 3.63) is 71.8 Å². The molecule has 0 aromatic heterocycles. The van der Waals surface area contributed by atoms with Crippen LogP contribution in [0, 0.1) is 0 Å². The standard InChI is InChI=1S/C22H26N2O4/c1-23(21(26)12-11-18-9-6-10-20(15-18)28-2)17-22(27)24(13-14-25)16-19-7-4-3-5-8-19/h3-12,15,25H,13-14,16-17H2,1-2H3/b12-11+. The van der Waals surface area contributed by atoms with Crippen molar-refractivity contribution in [2.45, 2.75) is 6.54 Å². The largest absolute Gasteiger partial charge is 0.497 e. The van der Waals surface area contributed by atoms with Crippen LogP contribution in [-0.2, 0) is 16.1 Å². The van der Waals surface area contributed by atoms with Crippen LogP contribution in [-0.4, -0.2) is 60.6 Å². The second-order valence-corrected chi connectivity index (χ2v) is 6.33. The van der Waals surface area contributed by atoms with Crippen molar-refractivity contribution in [3.8, 4) is 5.75 Å². The van der Waals surface area contributed by atoms with Gasteiger partial charge in [-0.2, -0.15) is 0 Å². The predicted molar refractivity (Wildman–Crippen MR) is 109 cm³/mol. The van der Waals surface area contributed by atoms with E-state index >= 15 is 0 Å². The molecule has 0 saturated carbocycles. The Hall–Kier alpha value is -3.12. The van der Waals surface area contributed by atoms with Crippen molar-refractivity contribution in [2.24, 2.45) is 0 Å². The van der Waals surface area contributed by atoms with Crippen molar-refractivity contribution in [3.63, 3.8) is 0 Å². The number of likely N-dealkylation sites (N-methyl/N-ethyl adjacent to an activating group) is 1. The molecule has 0 aliphatic carbocycles. The second-order valence-electron chi connectivity index (χ2n) is 6.33. The maximum absolute atomic E-state index is 12.6. The van der Waals surface area contributed by atoms with Crippen LogP contribution in [0.2, 0.25) is 0 Å². The highest BCUT2D eigenvalue weighted by molar-refractivity contribution is 5.94. The first-order valence-corrected chi connectivity index (χ1v) is 9.03. The highest BCUT2D eigenvalue weighted by Crippen LogP contribution is 2.13.